The lowest BCUT2D eigenvalue weighted by atomic mass is 10.0. The minimum Gasteiger partial charge on any atom is -0.462 e. The summed E-state index contributed by atoms with van der Waals surface area (Å²) in [5.41, 5.74) is 0. The maximum absolute atomic E-state index is 13.1. The molecule has 0 saturated carbocycles. The van der Waals surface area contributed by atoms with Crippen LogP contribution >= 0.6 is 15.6 Å². The zero-order chi connectivity index (χ0) is 69.6. The van der Waals surface area contributed by atoms with Crippen LogP contribution in [0.2, 0.25) is 0 Å². The first kappa shape index (κ1) is 92.1. The Kier molecular flexibility index (Phi) is 63.1. The first-order valence-electron chi connectivity index (χ1n) is 38.7. The average molecular weight is 1380 g/mol. The third-order valence-electron chi connectivity index (χ3n) is 17.3. The molecule has 0 amide bonds. The molecule has 19 heteroatoms. The molecule has 0 saturated heterocycles. The van der Waals surface area contributed by atoms with Crippen molar-refractivity contribution >= 4 is 39.5 Å². The van der Waals surface area contributed by atoms with Gasteiger partial charge >= 0.3 is 39.5 Å². The van der Waals surface area contributed by atoms with Crippen molar-refractivity contribution in [2.75, 3.05) is 39.6 Å². The van der Waals surface area contributed by atoms with Crippen molar-refractivity contribution in [3.63, 3.8) is 0 Å². The van der Waals surface area contributed by atoms with E-state index in [-0.39, 0.29) is 25.7 Å². The normalized spacial score (nSPS) is 14.2. The predicted molar refractivity (Wildman–Crippen MR) is 381 cm³/mol. The Morgan fingerprint density at radius 1 is 0.266 bits per heavy atom. The predicted octanol–water partition coefficient (Wildman–Crippen LogP) is 21.7. The number of carbonyl (C=O) groups is 4. The van der Waals surface area contributed by atoms with Crippen LogP contribution in [0.1, 0.15) is 376 Å². The van der Waals surface area contributed by atoms with Gasteiger partial charge in [0.05, 0.1) is 26.4 Å². The van der Waals surface area contributed by atoms with Crippen molar-refractivity contribution in [1.82, 2.24) is 0 Å². The van der Waals surface area contributed by atoms with Gasteiger partial charge in [-0.1, -0.05) is 325 Å². The second kappa shape index (κ2) is 64.4. The maximum Gasteiger partial charge on any atom is 0.472 e. The number of unbranched alkanes of at least 4 members (excludes halogenated alkanes) is 38. The van der Waals surface area contributed by atoms with E-state index >= 15 is 0 Å². The average Bonchev–Trinajstić information content (AvgIpc) is 1.37. The summed E-state index contributed by atoms with van der Waals surface area (Å²) >= 11 is 0. The molecular formula is C75H146O17P2. The molecule has 0 aliphatic heterocycles. The summed E-state index contributed by atoms with van der Waals surface area (Å²) in [5.74, 6) is 0.865. The fourth-order valence-corrected chi connectivity index (χ4v) is 13.0. The number of hydrogen-bond donors (Lipinski definition) is 3. The van der Waals surface area contributed by atoms with Gasteiger partial charge in [-0.15, -0.1) is 0 Å². The summed E-state index contributed by atoms with van der Waals surface area (Å²) in [6.45, 7) is 14.1. The molecule has 3 N–H and O–H groups in total. The Bertz CT molecular complexity index is 1850. The molecule has 17 nitrogen and oxygen atoms in total. The number of hydrogen-bond acceptors (Lipinski definition) is 15. The second-order valence-electron chi connectivity index (χ2n) is 28.9. The quantitative estimate of drug-likeness (QED) is 0.0222. The molecule has 2 unspecified atom stereocenters. The first-order valence-corrected chi connectivity index (χ1v) is 41.7. The van der Waals surface area contributed by atoms with Crippen LogP contribution < -0.4 is 0 Å². The fourth-order valence-electron chi connectivity index (χ4n) is 11.4. The Labute approximate surface area is 575 Å². The van der Waals surface area contributed by atoms with Crippen LogP contribution in [0.3, 0.4) is 0 Å². The highest BCUT2D eigenvalue weighted by Crippen LogP contribution is 2.45. The van der Waals surface area contributed by atoms with E-state index < -0.39 is 97.5 Å². The molecule has 0 bridgehead atoms. The van der Waals surface area contributed by atoms with E-state index in [0.29, 0.717) is 31.6 Å². The summed E-state index contributed by atoms with van der Waals surface area (Å²) < 4.78 is 68.4. The van der Waals surface area contributed by atoms with Gasteiger partial charge in [0.2, 0.25) is 0 Å². The van der Waals surface area contributed by atoms with E-state index in [4.69, 9.17) is 37.0 Å². The molecule has 0 spiro atoms. The van der Waals surface area contributed by atoms with Gasteiger partial charge in [0.15, 0.2) is 12.2 Å². The molecule has 94 heavy (non-hydrogen) atoms. The van der Waals surface area contributed by atoms with Crippen LogP contribution in [0, 0.1) is 23.7 Å². The lowest BCUT2D eigenvalue weighted by molar-refractivity contribution is -0.161. The van der Waals surface area contributed by atoms with E-state index in [0.717, 1.165) is 114 Å². The molecule has 0 heterocycles. The molecule has 558 valence electrons. The Balaban J connectivity index is 5.19. The van der Waals surface area contributed by atoms with E-state index in [1.54, 1.807) is 0 Å². The minimum absolute atomic E-state index is 0.104. The van der Waals surface area contributed by atoms with Crippen LogP contribution in [0.15, 0.2) is 0 Å². The molecule has 0 aliphatic rings. The Hall–Kier alpha value is -1.94. The maximum atomic E-state index is 13.1. The Morgan fingerprint density at radius 3 is 0.660 bits per heavy atom. The molecule has 0 aromatic carbocycles. The van der Waals surface area contributed by atoms with E-state index in [2.05, 4.69) is 55.4 Å². The van der Waals surface area contributed by atoms with Crippen LogP contribution in [0.4, 0.5) is 0 Å². The topological polar surface area (TPSA) is 237 Å². The van der Waals surface area contributed by atoms with Crippen molar-refractivity contribution in [2.45, 2.75) is 395 Å². The molecule has 0 rings (SSSR count). The summed E-state index contributed by atoms with van der Waals surface area (Å²) in [4.78, 5) is 72.7. The number of phosphoric acid groups is 2. The summed E-state index contributed by atoms with van der Waals surface area (Å²) in [5, 5.41) is 10.6. The van der Waals surface area contributed by atoms with Gasteiger partial charge in [-0.3, -0.25) is 37.3 Å². The van der Waals surface area contributed by atoms with Crippen LogP contribution in [0.25, 0.3) is 0 Å². The van der Waals surface area contributed by atoms with Crippen molar-refractivity contribution in [3.8, 4) is 0 Å². The highest BCUT2D eigenvalue weighted by atomic mass is 31.2. The third kappa shape index (κ3) is 68.6. The summed E-state index contributed by atoms with van der Waals surface area (Å²) in [7, 11) is -9.91. The van der Waals surface area contributed by atoms with Gasteiger partial charge in [-0.25, -0.2) is 9.13 Å². The largest absolute Gasteiger partial charge is 0.472 e. The molecule has 0 aromatic heterocycles. The molecular weight excluding hydrogens is 1230 g/mol. The van der Waals surface area contributed by atoms with Gasteiger partial charge in [-0.2, -0.15) is 0 Å². The smallest absolute Gasteiger partial charge is 0.462 e. The standard InChI is InChI=1S/C75H146O17P2/c1-65(2)51-43-35-27-21-17-13-10-9-11-15-19-23-30-39-47-55-72(77)85-61-70(92-75(80)58-50-42-32-26-25-29-37-45-53-67(5)6)63-89-93(81,82)87-59-69(76)60-88-94(83,84)90-64-71(62-86-73(78)56-48-40-34-33-38-46-54-68(7)8)91-74(79)57-49-41-31-24-20-16-12-14-18-22-28-36-44-52-66(3)4/h65-71,76H,9-64H2,1-8H3,(H,81,82)(H,83,84)/t69-,70-,71-/m1/s1. The van der Waals surface area contributed by atoms with E-state index in [9.17, 15) is 43.2 Å². The number of carbonyl (C=O) groups excluding carboxylic acids is 4. The number of aliphatic hydroxyl groups excluding tert-OH is 1. The van der Waals surface area contributed by atoms with Gasteiger partial charge in [-0.05, 0) is 49.4 Å². The zero-order valence-corrected chi connectivity index (χ0v) is 63.4. The number of rotatable bonds is 72. The van der Waals surface area contributed by atoms with Crippen LogP contribution in [0.5, 0.6) is 0 Å². The molecule has 0 radical (unpaired) electrons. The first-order chi connectivity index (χ1) is 45.1. The lowest BCUT2D eigenvalue weighted by Crippen LogP contribution is -2.30. The highest BCUT2D eigenvalue weighted by Gasteiger charge is 2.30. The number of ether oxygens (including phenoxy) is 4. The van der Waals surface area contributed by atoms with Crippen LogP contribution in [-0.2, 0) is 65.4 Å². The number of phosphoric ester groups is 2. The van der Waals surface area contributed by atoms with Crippen LogP contribution in [-0.4, -0.2) is 96.7 Å². The minimum atomic E-state index is -4.96. The van der Waals surface area contributed by atoms with Gasteiger partial charge in [0.1, 0.15) is 19.3 Å². The number of esters is 4. The van der Waals surface area contributed by atoms with Gasteiger partial charge in [0, 0.05) is 25.7 Å². The number of aliphatic hydroxyl groups is 1. The zero-order valence-electron chi connectivity index (χ0n) is 61.6. The van der Waals surface area contributed by atoms with Crippen molar-refractivity contribution in [1.29, 1.82) is 0 Å². The monoisotopic (exact) mass is 1380 g/mol. The third-order valence-corrected chi connectivity index (χ3v) is 19.2. The molecule has 0 aromatic rings. The highest BCUT2D eigenvalue weighted by molar-refractivity contribution is 7.47. The molecule has 0 aliphatic carbocycles. The van der Waals surface area contributed by atoms with E-state index in [1.807, 2.05) is 0 Å². The fraction of sp³-hybridized carbons (Fsp3) is 0.947. The molecule has 0 fully saturated rings. The Morgan fingerprint density at radius 2 is 0.447 bits per heavy atom. The summed E-state index contributed by atoms with van der Waals surface area (Å²) in [6.07, 6.45) is 48.8. The van der Waals surface area contributed by atoms with E-state index in [1.165, 1.54) is 173 Å². The van der Waals surface area contributed by atoms with Crippen molar-refractivity contribution in [3.05, 3.63) is 0 Å². The van der Waals surface area contributed by atoms with Gasteiger partial charge in [0.25, 0.3) is 0 Å². The van der Waals surface area contributed by atoms with Crippen molar-refractivity contribution in [2.24, 2.45) is 23.7 Å². The van der Waals surface area contributed by atoms with Gasteiger partial charge < -0.3 is 33.8 Å². The lowest BCUT2D eigenvalue weighted by Gasteiger charge is -2.21. The summed E-state index contributed by atoms with van der Waals surface area (Å²) in [6, 6.07) is 0. The molecule has 5 atom stereocenters. The second-order valence-corrected chi connectivity index (χ2v) is 31.9. The SMILES string of the molecule is CC(C)CCCCCCCCCCCCCCCCCC(=O)OC[C@H](COP(=O)(O)OC[C@@H](O)COP(=O)(O)OC[C@@H](COC(=O)CCCCCCCCC(C)C)OC(=O)CCCCCCCCCCCCCCCC(C)C)OC(=O)CCCCCCCCCCC(C)C. The van der Waals surface area contributed by atoms with Crippen molar-refractivity contribution < 1.29 is 80.2 Å².